The summed E-state index contributed by atoms with van der Waals surface area (Å²) in [5.41, 5.74) is 1.39. The molecule has 4 heteroatoms. The summed E-state index contributed by atoms with van der Waals surface area (Å²) in [7, 11) is 0. The van der Waals surface area contributed by atoms with Crippen LogP contribution in [0.5, 0.6) is 5.75 Å². The van der Waals surface area contributed by atoms with Crippen LogP contribution in [0.15, 0.2) is 21.0 Å². The molecule has 1 aromatic heterocycles. The van der Waals surface area contributed by atoms with Crippen molar-refractivity contribution in [1.29, 1.82) is 0 Å². The fourth-order valence-corrected chi connectivity index (χ4v) is 1.46. The third kappa shape index (κ3) is 1.42. The van der Waals surface area contributed by atoms with E-state index < -0.39 is 0 Å². The van der Waals surface area contributed by atoms with Gasteiger partial charge >= 0.3 is 0 Å². The predicted molar refractivity (Wildman–Crippen MR) is 52.8 cm³/mol. The Bertz CT molecular complexity index is 411. The normalized spacial score (nSPS) is 10.9. The quantitative estimate of drug-likeness (QED) is 0.836. The van der Waals surface area contributed by atoms with Gasteiger partial charge in [0.05, 0.1) is 4.47 Å². The molecular weight excluding hydrogens is 234 g/mol. The van der Waals surface area contributed by atoms with Gasteiger partial charge in [0.2, 0.25) is 0 Å². The first-order valence-electron chi connectivity index (χ1n) is 3.98. The van der Waals surface area contributed by atoms with Crippen molar-refractivity contribution >= 4 is 27.0 Å². The van der Waals surface area contributed by atoms with Crippen molar-refractivity contribution in [3.63, 3.8) is 0 Å². The van der Waals surface area contributed by atoms with Crippen LogP contribution in [0.3, 0.4) is 0 Å². The number of halogens is 1. The molecule has 0 aliphatic rings. The second kappa shape index (κ2) is 3.03. The van der Waals surface area contributed by atoms with Crippen LogP contribution in [0, 0.1) is 0 Å². The molecule has 0 saturated carbocycles. The van der Waals surface area contributed by atoms with Gasteiger partial charge in [-0.05, 0) is 15.9 Å². The summed E-state index contributed by atoms with van der Waals surface area (Å²) in [6.07, 6.45) is 0.757. The number of aromatic hydroxyl groups is 1. The van der Waals surface area contributed by atoms with Crippen LogP contribution in [0.1, 0.15) is 12.8 Å². The molecule has 0 radical (unpaired) electrons. The highest BCUT2D eigenvalue weighted by Crippen LogP contribution is 2.29. The number of hydrogen-bond donors (Lipinski definition) is 1. The van der Waals surface area contributed by atoms with Gasteiger partial charge < -0.3 is 9.52 Å². The van der Waals surface area contributed by atoms with Crippen LogP contribution in [0.2, 0.25) is 0 Å². The first kappa shape index (κ1) is 8.56. The number of oxazole rings is 1. The monoisotopic (exact) mass is 241 g/mol. The third-order valence-corrected chi connectivity index (χ3v) is 2.44. The summed E-state index contributed by atoms with van der Waals surface area (Å²) in [4.78, 5) is 4.19. The third-order valence-electron chi connectivity index (χ3n) is 1.80. The van der Waals surface area contributed by atoms with E-state index in [0.29, 0.717) is 21.5 Å². The van der Waals surface area contributed by atoms with Gasteiger partial charge in [0, 0.05) is 18.6 Å². The van der Waals surface area contributed by atoms with E-state index in [1.165, 1.54) is 0 Å². The average Bonchev–Trinajstić information content (AvgIpc) is 2.48. The summed E-state index contributed by atoms with van der Waals surface area (Å²) in [5.74, 6) is 0.871. The number of phenols is 1. The maximum atomic E-state index is 9.37. The van der Waals surface area contributed by atoms with Crippen molar-refractivity contribution in [3.05, 3.63) is 22.5 Å². The summed E-state index contributed by atoms with van der Waals surface area (Å²) in [5, 5.41) is 9.37. The molecule has 68 valence electrons. The molecule has 0 spiro atoms. The molecule has 1 aromatic carbocycles. The van der Waals surface area contributed by atoms with E-state index in [4.69, 9.17) is 4.42 Å². The lowest BCUT2D eigenvalue weighted by Crippen LogP contribution is -1.75. The Morgan fingerprint density at radius 2 is 2.31 bits per heavy atom. The summed E-state index contributed by atoms with van der Waals surface area (Å²) in [6, 6.07) is 3.30. The van der Waals surface area contributed by atoms with Crippen molar-refractivity contribution in [3.8, 4) is 5.75 Å². The van der Waals surface area contributed by atoms with Gasteiger partial charge in [-0.1, -0.05) is 6.92 Å². The molecule has 13 heavy (non-hydrogen) atoms. The highest BCUT2D eigenvalue weighted by molar-refractivity contribution is 9.10. The number of aromatic nitrogens is 1. The number of nitrogens with zero attached hydrogens (tertiary/aromatic N) is 1. The van der Waals surface area contributed by atoms with Crippen LogP contribution in [-0.4, -0.2) is 10.1 Å². The van der Waals surface area contributed by atoms with Crippen molar-refractivity contribution in [1.82, 2.24) is 4.98 Å². The zero-order valence-electron chi connectivity index (χ0n) is 7.04. The molecule has 0 saturated heterocycles. The molecule has 0 aliphatic carbocycles. The van der Waals surface area contributed by atoms with Crippen LogP contribution >= 0.6 is 15.9 Å². The Balaban J connectivity index is 2.70. The first-order chi connectivity index (χ1) is 6.20. The topological polar surface area (TPSA) is 46.3 Å². The fourth-order valence-electron chi connectivity index (χ4n) is 1.14. The Kier molecular flexibility index (Phi) is 2.00. The van der Waals surface area contributed by atoms with Gasteiger partial charge in [-0.25, -0.2) is 4.98 Å². The Hall–Kier alpha value is -1.03. The van der Waals surface area contributed by atoms with E-state index in [9.17, 15) is 5.11 Å². The lowest BCUT2D eigenvalue weighted by molar-refractivity contribution is 0.472. The van der Waals surface area contributed by atoms with Crippen LogP contribution < -0.4 is 0 Å². The highest BCUT2D eigenvalue weighted by atomic mass is 79.9. The van der Waals surface area contributed by atoms with Gasteiger partial charge in [0.15, 0.2) is 11.5 Å². The van der Waals surface area contributed by atoms with Gasteiger partial charge in [0.1, 0.15) is 11.3 Å². The highest BCUT2D eigenvalue weighted by Gasteiger charge is 2.07. The Morgan fingerprint density at radius 1 is 1.54 bits per heavy atom. The molecule has 1 heterocycles. The standard InChI is InChI=1S/C9H8BrNO2/c1-2-9-11-6-4-7(12)5(10)3-8(6)13-9/h3-4,12H,2H2,1H3. The van der Waals surface area contributed by atoms with Gasteiger partial charge in [-0.15, -0.1) is 0 Å². The number of fused-ring (bicyclic) bond motifs is 1. The van der Waals surface area contributed by atoms with Crippen LogP contribution in [0.25, 0.3) is 11.1 Å². The fraction of sp³-hybridized carbons (Fsp3) is 0.222. The molecule has 0 bridgehead atoms. The van der Waals surface area contributed by atoms with Crippen molar-refractivity contribution < 1.29 is 9.52 Å². The summed E-state index contributed by atoms with van der Waals surface area (Å²) >= 11 is 3.21. The minimum absolute atomic E-state index is 0.184. The smallest absolute Gasteiger partial charge is 0.195 e. The number of rotatable bonds is 1. The SMILES string of the molecule is CCc1nc2cc(O)c(Br)cc2o1. The summed E-state index contributed by atoms with van der Waals surface area (Å²) in [6.45, 7) is 1.97. The molecule has 0 atom stereocenters. The molecule has 1 N–H and O–H groups in total. The molecule has 0 aliphatic heterocycles. The Morgan fingerprint density at radius 3 is 3.00 bits per heavy atom. The number of benzene rings is 1. The predicted octanol–water partition coefficient (Wildman–Crippen LogP) is 2.86. The van der Waals surface area contributed by atoms with Crippen molar-refractivity contribution in [2.45, 2.75) is 13.3 Å². The molecule has 2 aromatic rings. The van der Waals surface area contributed by atoms with Crippen molar-refractivity contribution in [2.75, 3.05) is 0 Å². The lowest BCUT2D eigenvalue weighted by atomic mass is 10.3. The second-order valence-electron chi connectivity index (χ2n) is 2.73. The number of aryl methyl sites for hydroxylation is 1. The molecule has 2 rings (SSSR count). The van der Waals surface area contributed by atoms with E-state index in [1.54, 1.807) is 12.1 Å². The van der Waals surface area contributed by atoms with Crippen LogP contribution in [-0.2, 0) is 6.42 Å². The zero-order valence-corrected chi connectivity index (χ0v) is 8.63. The second-order valence-corrected chi connectivity index (χ2v) is 3.59. The van der Waals surface area contributed by atoms with E-state index in [0.717, 1.165) is 6.42 Å². The first-order valence-corrected chi connectivity index (χ1v) is 4.78. The molecule has 0 unspecified atom stereocenters. The zero-order chi connectivity index (χ0) is 9.42. The maximum absolute atomic E-state index is 9.37. The molecule has 0 amide bonds. The van der Waals surface area contributed by atoms with Crippen molar-refractivity contribution in [2.24, 2.45) is 0 Å². The van der Waals surface area contributed by atoms with E-state index in [2.05, 4.69) is 20.9 Å². The molecule has 3 nitrogen and oxygen atoms in total. The summed E-state index contributed by atoms with van der Waals surface area (Å²) < 4.78 is 6.02. The van der Waals surface area contributed by atoms with E-state index >= 15 is 0 Å². The van der Waals surface area contributed by atoms with E-state index in [1.807, 2.05) is 6.92 Å². The maximum Gasteiger partial charge on any atom is 0.195 e. The molecular formula is C9H8BrNO2. The lowest BCUT2D eigenvalue weighted by Gasteiger charge is -1.93. The minimum Gasteiger partial charge on any atom is -0.507 e. The van der Waals surface area contributed by atoms with Gasteiger partial charge in [0.25, 0.3) is 0 Å². The van der Waals surface area contributed by atoms with Gasteiger partial charge in [-0.3, -0.25) is 0 Å². The molecule has 0 fully saturated rings. The Labute approximate surface area is 83.5 Å². The average molecular weight is 242 g/mol. The minimum atomic E-state index is 0.184. The van der Waals surface area contributed by atoms with E-state index in [-0.39, 0.29) is 5.75 Å². The number of hydrogen-bond acceptors (Lipinski definition) is 3. The van der Waals surface area contributed by atoms with Crippen LogP contribution in [0.4, 0.5) is 0 Å². The largest absolute Gasteiger partial charge is 0.507 e. The van der Waals surface area contributed by atoms with Gasteiger partial charge in [-0.2, -0.15) is 0 Å². The number of phenolic OH excluding ortho intramolecular Hbond substituents is 1.